The summed E-state index contributed by atoms with van der Waals surface area (Å²) in [4.78, 5) is 12.6. The molecule has 0 aliphatic carbocycles. The summed E-state index contributed by atoms with van der Waals surface area (Å²) >= 11 is 0. The predicted molar refractivity (Wildman–Crippen MR) is 109 cm³/mol. The highest BCUT2D eigenvalue weighted by Gasteiger charge is 2.28. The van der Waals surface area contributed by atoms with Crippen LogP contribution in [0, 0.1) is 0 Å². The number of sulfonamides is 1. The van der Waals surface area contributed by atoms with Gasteiger partial charge in [-0.15, -0.1) is 0 Å². The minimum atomic E-state index is -3.68. The third-order valence-corrected chi connectivity index (χ3v) is 6.86. The molecule has 0 spiro atoms. The Balaban J connectivity index is 1.46. The summed E-state index contributed by atoms with van der Waals surface area (Å²) in [6.07, 6.45) is 4.17. The molecule has 3 aromatic rings. The van der Waals surface area contributed by atoms with Gasteiger partial charge in [-0.05, 0) is 41.8 Å². The molecule has 1 N–H and O–H groups in total. The molecule has 2 aromatic carbocycles. The lowest BCUT2D eigenvalue weighted by molar-refractivity contribution is 0.0951. The number of benzene rings is 2. The van der Waals surface area contributed by atoms with Gasteiger partial charge in [0.15, 0.2) is 0 Å². The average molecular weight is 410 g/mol. The van der Waals surface area contributed by atoms with Gasteiger partial charge in [0.1, 0.15) is 0 Å². The first-order valence-electron chi connectivity index (χ1n) is 9.47. The van der Waals surface area contributed by atoms with Crippen molar-refractivity contribution in [3.63, 3.8) is 0 Å². The van der Waals surface area contributed by atoms with E-state index in [1.165, 1.54) is 22.0 Å². The molecule has 29 heavy (non-hydrogen) atoms. The van der Waals surface area contributed by atoms with E-state index in [1.807, 2.05) is 36.5 Å². The fraction of sp³-hybridized carbons (Fsp3) is 0.238. The Morgan fingerprint density at radius 1 is 1.07 bits per heavy atom. The van der Waals surface area contributed by atoms with Crippen LogP contribution in [-0.4, -0.2) is 41.5 Å². The zero-order chi connectivity index (χ0) is 20.3. The molecule has 8 heteroatoms. The molecule has 4 rings (SSSR count). The number of amides is 1. The van der Waals surface area contributed by atoms with Gasteiger partial charge >= 0.3 is 0 Å². The number of nitrogens with one attached hydrogen (secondary N) is 1. The number of hydrogen-bond acceptors (Lipinski definition) is 4. The molecule has 1 aliphatic rings. The highest BCUT2D eigenvalue weighted by molar-refractivity contribution is 7.89. The van der Waals surface area contributed by atoms with Crippen LogP contribution in [0.25, 0.3) is 0 Å². The molecule has 2 heterocycles. The Labute approximate surface area is 170 Å². The molecular formula is C21H22N4O3S. The number of fused-ring (bicyclic) bond motifs is 1. The van der Waals surface area contributed by atoms with E-state index in [9.17, 15) is 13.2 Å². The molecule has 1 aliphatic heterocycles. The monoisotopic (exact) mass is 410 g/mol. The van der Waals surface area contributed by atoms with Crippen molar-refractivity contribution in [3.8, 4) is 0 Å². The Morgan fingerprint density at radius 3 is 2.69 bits per heavy atom. The second kappa shape index (κ2) is 8.18. The minimum Gasteiger partial charge on any atom is -0.350 e. The Morgan fingerprint density at radius 2 is 1.90 bits per heavy atom. The Hall–Kier alpha value is -2.97. The zero-order valence-corrected chi connectivity index (χ0v) is 16.7. The second-order valence-electron chi connectivity index (χ2n) is 6.91. The van der Waals surface area contributed by atoms with Crippen LogP contribution in [0.1, 0.15) is 21.5 Å². The molecule has 0 bridgehead atoms. The first kappa shape index (κ1) is 19.4. The van der Waals surface area contributed by atoms with E-state index in [4.69, 9.17) is 0 Å². The summed E-state index contributed by atoms with van der Waals surface area (Å²) in [6, 6.07) is 15.9. The van der Waals surface area contributed by atoms with E-state index in [0.717, 1.165) is 5.56 Å². The van der Waals surface area contributed by atoms with Gasteiger partial charge in [0.2, 0.25) is 10.0 Å². The van der Waals surface area contributed by atoms with E-state index >= 15 is 0 Å². The highest BCUT2D eigenvalue weighted by Crippen LogP contribution is 2.25. The predicted octanol–water partition coefficient (Wildman–Crippen LogP) is 2.06. The summed E-state index contributed by atoms with van der Waals surface area (Å²) in [7, 11) is -3.68. The van der Waals surface area contributed by atoms with Gasteiger partial charge in [-0.25, -0.2) is 8.42 Å². The molecule has 7 nitrogen and oxygen atoms in total. The molecule has 0 fully saturated rings. The van der Waals surface area contributed by atoms with Gasteiger partial charge in [0.25, 0.3) is 5.91 Å². The third-order valence-electron chi connectivity index (χ3n) is 5.02. The summed E-state index contributed by atoms with van der Waals surface area (Å²) in [5.41, 5.74) is 2.53. The van der Waals surface area contributed by atoms with Crippen molar-refractivity contribution >= 4 is 15.9 Å². The highest BCUT2D eigenvalue weighted by atomic mass is 32.2. The van der Waals surface area contributed by atoms with E-state index < -0.39 is 10.0 Å². The lowest BCUT2D eigenvalue weighted by atomic mass is 10.0. The zero-order valence-electron chi connectivity index (χ0n) is 15.9. The lowest BCUT2D eigenvalue weighted by Gasteiger charge is -2.28. The molecule has 150 valence electrons. The molecule has 0 saturated carbocycles. The van der Waals surface area contributed by atoms with Crippen LogP contribution in [0.4, 0.5) is 0 Å². The van der Waals surface area contributed by atoms with Crippen molar-refractivity contribution in [3.05, 3.63) is 83.7 Å². The molecule has 1 aromatic heterocycles. The summed E-state index contributed by atoms with van der Waals surface area (Å²) in [5.74, 6) is -0.307. The van der Waals surface area contributed by atoms with Crippen molar-refractivity contribution in [2.24, 2.45) is 0 Å². The second-order valence-corrected chi connectivity index (χ2v) is 8.85. The molecule has 1 amide bonds. The van der Waals surface area contributed by atoms with Gasteiger partial charge < -0.3 is 5.32 Å². The fourth-order valence-electron chi connectivity index (χ4n) is 3.44. The van der Waals surface area contributed by atoms with E-state index in [1.54, 1.807) is 23.0 Å². The van der Waals surface area contributed by atoms with Crippen LogP contribution < -0.4 is 5.32 Å². The maximum Gasteiger partial charge on any atom is 0.251 e. The Kier molecular flexibility index (Phi) is 5.46. The van der Waals surface area contributed by atoms with Gasteiger partial charge in [0.05, 0.1) is 11.4 Å². The standard InChI is InChI=1S/C21H22N4O3S/c26-21(22-11-14-24-12-4-10-23-24)18-7-3-8-20(15-18)29(27,28)25-13-9-17-5-1-2-6-19(17)16-25/h1-8,10,12,15H,9,11,13-14,16H2,(H,22,26). The average Bonchev–Trinajstić information content (AvgIpc) is 3.27. The van der Waals surface area contributed by atoms with Crippen LogP contribution in [0.15, 0.2) is 71.9 Å². The first-order valence-corrected chi connectivity index (χ1v) is 10.9. The molecular weight excluding hydrogens is 388 g/mol. The van der Waals surface area contributed by atoms with Crippen molar-refractivity contribution in [2.75, 3.05) is 13.1 Å². The SMILES string of the molecule is O=C(NCCn1cccn1)c1cccc(S(=O)(=O)N2CCc3ccccc3C2)c1. The molecule has 0 unspecified atom stereocenters. The number of nitrogens with zero attached hydrogens (tertiary/aromatic N) is 3. The summed E-state index contributed by atoms with van der Waals surface area (Å²) in [5, 5.41) is 6.88. The van der Waals surface area contributed by atoms with Gasteiger partial charge in [0, 0.05) is 37.6 Å². The van der Waals surface area contributed by atoms with Crippen LogP contribution >= 0.6 is 0 Å². The number of carbonyl (C=O) groups is 1. The summed E-state index contributed by atoms with van der Waals surface area (Å²) in [6.45, 7) is 1.72. The maximum atomic E-state index is 13.1. The van der Waals surface area contributed by atoms with Crippen LogP contribution in [0.2, 0.25) is 0 Å². The van der Waals surface area contributed by atoms with Gasteiger partial charge in [-0.1, -0.05) is 30.3 Å². The fourth-order valence-corrected chi connectivity index (χ4v) is 4.91. The number of carbonyl (C=O) groups excluding carboxylic acids is 1. The van der Waals surface area contributed by atoms with E-state index in [2.05, 4.69) is 10.4 Å². The quantitative estimate of drug-likeness (QED) is 0.674. The summed E-state index contributed by atoms with van der Waals surface area (Å²) < 4.78 is 29.4. The third kappa shape index (κ3) is 4.23. The molecule has 0 saturated heterocycles. The van der Waals surface area contributed by atoms with Crippen molar-refractivity contribution in [1.82, 2.24) is 19.4 Å². The van der Waals surface area contributed by atoms with Crippen LogP contribution in [-0.2, 0) is 29.5 Å². The van der Waals surface area contributed by atoms with E-state index in [0.29, 0.717) is 38.2 Å². The number of rotatable bonds is 6. The smallest absolute Gasteiger partial charge is 0.251 e. The van der Waals surface area contributed by atoms with E-state index in [-0.39, 0.29) is 10.8 Å². The first-order chi connectivity index (χ1) is 14.0. The maximum absolute atomic E-state index is 13.1. The van der Waals surface area contributed by atoms with Crippen LogP contribution in [0.5, 0.6) is 0 Å². The van der Waals surface area contributed by atoms with Gasteiger partial charge in [-0.3, -0.25) is 9.48 Å². The number of aromatic nitrogens is 2. The van der Waals surface area contributed by atoms with Crippen LogP contribution in [0.3, 0.4) is 0 Å². The largest absolute Gasteiger partial charge is 0.350 e. The Bertz CT molecular complexity index is 1110. The number of hydrogen-bond donors (Lipinski definition) is 1. The van der Waals surface area contributed by atoms with Crippen molar-refractivity contribution in [2.45, 2.75) is 24.4 Å². The molecule has 0 atom stereocenters. The topological polar surface area (TPSA) is 84.3 Å². The van der Waals surface area contributed by atoms with Crippen molar-refractivity contribution in [1.29, 1.82) is 0 Å². The van der Waals surface area contributed by atoms with Gasteiger partial charge in [-0.2, -0.15) is 9.40 Å². The normalized spacial score (nSPS) is 14.3. The minimum absolute atomic E-state index is 0.136. The lowest BCUT2D eigenvalue weighted by Crippen LogP contribution is -2.36. The molecule has 0 radical (unpaired) electrons. The van der Waals surface area contributed by atoms with Crippen molar-refractivity contribution < 1.29 is 13.2 Å².